The number of hydrogen-bond acceptors (Lipinski definition) is 3. The molecule has 0 aliphatic carbocycles. The Bertz CT molecular complexity index is 219. The Kier molecular flexibility index (Phi) is 2.53. The third kappa shape index (κ3) is 1.66. The number of hydrogen-bond donors (Lipinski definition) is 0. The molecule has 0 N–H and O–H groups in total. The zero-order valence-corrected chi connectivity index (χ0v) is 8.83. The molecule has 2 heterocycles. The predicted molar refractivity (Wildman–Crippen MR) is 48.5 cm³/mol. The Morgan fingerprint density at radius 3 is 2.57 bits per heavy atom. The molecule has 3 nitrogen and oxygen atoms in total. The van der Waals surface area contributed by atoms with Crippen molar-refractivity contribution in [3.8, 4) is 0 Å². The second kappa shape index (κ2) is 3.43. The minimum atomic E-state index is -1.05. The summed E-state index contributed by atoms with van der Waals surface area (Å²) in [6, 6.07) is 0. The van der Waals surface area contributed by atoms with Crippen molar-refractivity contribution >= 4 is 0 Å². The van der Waals surface area contributed by atoms with Crippen LogP contribution in [-0.4, -0.2) is 30.5 Å². The summed E-state index contributed by atoms with van der Waals surface area (Å²) in [6.45, 7) is 5.56. The molecule has 0 aromatic carbocycles. The van der Waals surface area contributed by atoms with E-state index in [2.05, 4.69) is 0 Å². The van der Waals surface area contributed by atoms with E-state index in [0.29, 0.717) is 0 Å². The van der Waals surface area contributed by atoms with Crippen molar-refractivity contribution in [3.05, 3.63) is 0 Å². The van der Waals surface area contributed by atoms with Gasteiger partial charge in [0.25, 0.3) is 0 Å². The lowest BCUT2D eigenvalue weighted by Crippen LogP contribution is -2.31. The van der Waals surface area contributed by atoms with Crippen molar-refractivity contribution in [1.82, 2.24) is 0 Å². The molecule has 4 heteroatoms. The molecule has 0 bridgehead atoms. The van der Waals surface area contributed by atoms with Crippen LogP contribution in [0.15, 0.2) is 0 Å². The molecule has 0 unspecified atom stereocenters. The van der Waals surface area contributed by atoms with Crippen LogP contribution in [0.5, 0.6) is 0 Å². The molecule has 0 saturated carbocycles. The highest BCUT2D eigenvalue weighted by Crippen LogP contribution is 2.39. The van der Waals surface area contributed by atoms with Crippen LogP contribution in [0, 0.1) is 0 Å². The van der Waals surface area contributed by atoms with Crippen LogP contribution in [0.3, 0.4) is 0 Å². The average Bonchev–Trinajstić information content (AvgIpc) is 2.50. The van der Waals surface area contributed by atoms with Crippen LogP contribution < -0.4 is 0 Å². The van der Waals surface area contributed by atoms with E-state index < -0.39 is 24.4 Å². The monoisotopic (exact) mass is 204 g/mol. The van der Waals surface area contributed by atoms with E-state index in [9.17, 15) is 4.39 Å². The second-order valence-electron chi connectivity index (χ2n) is 4.38. The van der Waals surface area contributed by atoms with E-state index in [1.807, 2.05) is 6.92 Å². The van der Waals surface area contributed by atoms with E-state index in [0.717, 1.165) is 12.8 Å². The van der Waals surface area contributed by atoms with Crippen LogP contribution in [0.4, 0.5) is 4.39 Å². The number of rotatable bonds is 2. The first-order valence-corrected chi connectivity index (χ1v) is 5.18. The zero-order valence-electron chi connectivity index (χ0n) is 8.83. The molecule has 2 rings (SSSR count). The van der Waals surface area contributed by atoms with Crippen molar-refractivity contribution < 1.29 is 18.6 Å². The molecule has 4 atom stereocenters. The van der Waals surface area contributed by atoms with Crippen LogP contribution in [0.2, 0.25) is 0 Å². The highest BCUT2D eigenvalue weighted by Gasteiger charge is 2.54. The molecular formula is C10H17FO3. The third-order valence-corrected chi connectivity index (χ3v) is 2.64. The summed E-state index contributed by atoms with van der Waals surface area (Å²) in [5, 5.41) is 0. The van der Waals surface area contributed by atoms with Gasteiger partial charge in [-0.05, 0) is 20.3 Å². The molecule has 2 aliphatic heterocycles. The predicted octanol–water partition coefficient (Wildman–Crippen LogP) is 2.00. The minimum Gasteiger partial charge on any atom is -0.343 e. The van der Waals surface area contributed by atoms with Crippen molar-refractivity contribution in [1.29, 1.82) is 0 Å². The van der Waals surface area contributed by atoms with Gasteiger partial charge in [-0.3, -0.25) is 0 Å². The van der Waals surface area contributed by atoms with Crippen molar-refractivity contribution in [2.24, 2.45) is 0 Å². The lowest BCUT2D eigenvalue weighted by Gasteiger charge is -2.21. The minimum absolute atomic E-state index is 0.355. The lowest BCUT2D eigenvalue weighted by molar-refractivity contribution is -0.211. The summed E-state index contributed by atoms with van der Waals surface area (Å²) in [6.07, 6.45) is -0.833. The summed E-state index contributed by atoms with van der Waals surface area (Å²) in [5.41, 5.74) is 0. The van der Waals surface area contributed by atoms with Gasteiger partial charge in [0.1, 0.15) is 6.10 Å². The van der Waals surface area contributed by atoms with Crippen LogP contribution in [0.25, 0.3) is 0 Å². The van der Waals surface area contributed by atoms with E-state index >= 15 is 0 Å². The van der Waals surface area contributed by atoms with Gasteiger partial charge in [-0.2, -0.15) is 0 Å². The fraction of sp³-hybridized carbons (Fsp3) is 1.00. The Morgan fingerprint density at radius 2 is 2.00 bits per heavy atom. The van der Waals surface area contributed by atoms with Crippen molar-refractivity contribution in [3.63, 3.8) is 0 Å². The third-order valence-electron chi connectivity index (χ3n) is 2.64. The van der Waals surface area contributed by atoms with Gasteiger partial charge in [-0.15, -0.1) is 0 Å². The first-order valence-electron chi connectivity index (χ1n) is 5.18. The lowest BCUT2D eigenvalue weighted by atomic mass is 10.1. The molecule has 2 fully saturated rings. The van der Waals surface area contributed by atoms with E-state index in [-0.39, 0.29) is 6.10 Å². The van der Waals surface area contributed by atoms with Crippen LogP contribution in [0.1, 0.15) is 33.6 Å². The van der Waals surface area contributed by atoms with Gasteiger partial charge in [0.2, 0.25) is 0 Å². The first-order chi connectivity index (χ1) is 6.53. The molecule has 82 valence electrons. The molecule has 2 saturated heterocycles. The standard InChI is InChI=1S/C10H17FO3/c1-4-5-6-7(11)8-9(12-6)14-10(2,3)13-8/h6-9H,4-5H2,1-3H3/t6-,7+,8-,9-/m1/s1. The summed E-state index contributed by atoms with van der Waals surface area (Å²) in [7, 11) is 0. The van der Waals surface area contributed by atoms with Gasteiger partial charge in [-0.25, -0.2) is 4.39 Å². The molecule has 0 amide bonds. The Labute approximate surface area is 83.5 Å². The molecule has 2 aliphatic rings. The summed E-state index contributed by atoms with van der Waals surface area (Å²) < 4.78 is 30.1. The van der Waals surface area contributed by atoms with Crippen molar-refractivity contribution in [2.75, 3.05) is 0 Å². The largest absolute Gasteiger partial charge is 0.343 e. The van der Waals surface area contributed by atoms with Gasteiger partial charge >= 0.3 is 0 Å². The first kappa shape index (κ1) is 10.3. The topological polar surface area (TPSA) is 27.7 Å². The van der Waals surface area contributed by atoms with Gasteiger partial charge in [0.15, 0.2) is 18.2 Å². The summed E-state index contributed by atoms with van der Waals surface area (Å²) in [5.74, 6) is -0.711. The molecule has 0 radical (unpaired) electrons. The number of alkyl halides is 1. The fourth-order valence-electron chi connectivity index (χ4n) is 2.05. The normalized spacial score (nSPS) is 45.4. The number of fused-ring (bicyclic) bond motifs is 1. The molecular weight excluding hydrogens is 187 g/mol. The van der Waals surface area contributed by atoms with E-state index in [4.69, 9.17) is 14.2 Å². The maximum absolute atomic E-state index is 13.7. The summed E-state index contributed by atoms with van der Waals surface area (Å²) >= 11 is 0. The Hall–Kier alpha value is -0.190. The zero-order chi connectivity index (χ0) is 10.3. The molecule has 0 aromatic heterocycles. The maximum Gasteiger partial charge on any atom is 0.190 e. The Morgan fingerprint density at radius 1 is 1.29 bits per heavy atom. The maximum atomic E-state index is 13.7. The van der Waals surface area contributed by atoms with Gasteiger partial charge in [0.05, 0.1) is 6.10 Å². The highest BCUT2D eigenvalue weighted by atomic mass is 19.1. The van der Waals surface area contributed by atoms with Crippen LogP contribution >= 0.6 is 0 Å². The smallest absolute Gasteiger partial charge is 0.190 e. The number of halogens is 1. The molecule has 0 aromatic rings. The van der Waals surface area contributed by atoms with Gasteiger partial charge < -0.3 is 14.2 Å². The van der Waals surface area contributed by atoms with E-state index in [1.165, 1.54) is 0 Å². The SMILES string of the molecule is CCC[C@H]1O[C@@H]2OC(C)(C)O[C@@H]2[C@H]1F. The fourth-order valence-corrected chi connectivity index (χ4v) is 2.05. The molecule has 14 heavy (non-hydrogen) atoms. The highest BCUT2D eigenvalue weighted by molar-refractivity contribution is 4.92. The van der Waals surface area contributed by atoms with Gasteiger partial charge in [-0.1, -0.05) is 13.3 Å². The van der Waals surface area contributed by atoms with E-state index in [1.54, 1.807) is 13.8 Å². The number of ether oxygens (including phenoxy) is 3. The summed E-state index contributed by atoms with van der Waals surface area (Å²) in [4.78, 5) is 0. The molecule has 0 spiro atoms. The van der Waals surface area contributed by atoms with Gasteiger partial charge in [0, 0.05) is 0 Å². The van der Waals surface area contributed by atoms with Crippen LogP contribution in [-0.2, 0) is 14.2 Å². The second-order valence-corrected chi connectivity index (χ2v) is 4.38. The Balaban J connectivity index is 2.00. The average molecular weight is 204 g/mol. The van der Waals surface area contributed by atoms with Crippen molar-refractivity contribution in [2.45, 2.75) is 64.1 Å². The quantitative estimate of drug-likeness (QED) is 0.688.